The standard InChI is InChI=1S/C23H37ClFN7O3/c1-15(2)30(3)13-18-9-6-10-32(18)21-19(25)20(26-23(24)27-21)28-29-22(34)17(12-31(35)14-33)11-16-7-4-5-8-16/h14-18,35H,4-13H2,1-3H3,(H,29,34)(H,26,27,28)/t17-,18-/m0/s1. The average Bonchev–Trinajstić information content (AvgIpc) is 3.50. The number of nitrogens with zero attached hydrogens (tertiary/aromatic N) is 5. The molecule has 0 radical (unpaired) electrons. The number of carbonyl (C=O) groups is 2. The Hall–Kier alpha value is -2.24. The number of anilines is 2. The smallest absolute Gasteiger partial charge is 0.243 e. The minimum absolute atomic E-state index is 0.0833. The fourth-order valence-corrected chi connectivity index (χ4v) is 5.10. The lowest BCUT2D eigenvalue weighted by atomic mass is 9.92. The van der Waals surface area contributed by atoms with E-state index in [1.165, 1.54) is 0 Å². The predicted octanol–water partition coefficient (Wildman–Crippen LogP) is 3.07. The third-order valence-electron chi connectivity index (χ3n) is 7.13. The summed E-state index contributed by atoms with van der Waals surface area (Å²) in [7, 11) is 2.03. The molecule has 12 heteroatoms. The molecule has 0 spiro atoms. The summed E-state index contributed by atoms with van der Waals surface area (Å²) in [5.74, 6) is -1.60. The van der Waals surface area contributed by atoms with Crippen LogP contribution in [0.4, 0.5) is 16.0 Å². The fourth-order valence-electron chi connectivity index (χ4n) is 4.93. The topological polar surface area (TPSA) is 114 Å². The minimum Gasteiger partial charge on any atom is -0.350 e. The summed E-state index contributed by atoms with van der Waals surface area (Å²) in [6.45, 7) is 5.47. The number of carbonyl (C=O) groups excluding carboxylic acids is 2. The van der Waals surface area contributed by atoms with Crippen molar-refractivity contribution in [2.45, 2.75) is 70.9 Å². The first-order valence-electron chi connectivity index (χ1n) is 12.4. The summed E-state index contributed by atoms with van der Waals surface area (Å²) in [6, 6.07) is 0.440. The molecular formula is C23H37ClFN7O3. The quantitative estimate of drug-likeness (QED) is 0.169. The molecule has 2 aliphatic rings. The van der Waals surface area contributed by atoms with Crippen LogP contribution in [-0.2, 0) is 9.59 Å². The predicted molar refractivity (Wildman–Crippen MR) is 132 cm³/mol. The van der Waals surface area contributed by atoms with Gasteiger partial charge in [0.15, 0.2) is 11.6 Å². The lowest BCUT2D eigenvalue weighted by Crippen LogP contribution is -2.42. The van der Waals surface area contributed by atoms with Gasteiger partial charge in [0.25, 0.3) is 0 Å². The van der Waals surface area contributed by atoms with Gasteiger partial charge in [-0.1, -0.05) is 25.7 Å². The van der Waals surface area contributed by atoms with Crippen molar-refractivity contribution in [2.24, 2.45) is 11.8 Å². The largest absolute Gasteiger partial charge is 0.350 e. The van der Waals surface area contributed by atoms with Crippen LogP contribution in [0.25, 0.3) is 0 Å². The molecule has 1 aliphatic carbocycles. The Morgan fingerprint density at radius 3 is 2.66 bits per heavy atom. The van der Waals surface area contributed by atoms with Gasteiger partial charge in [-0.25, -0.2) is 5.06 Å². The van der Waals surface area contributed by atoms with Crippen molar-refractivity contribution in [2.75, 3.05) is 37.0 Å². The second kappa shape index (κ2) is 12.6. The van der Waals surface area contributed by atoms with E-state index < -0.39 is 17.6 Å². The Labute approximate surface area is 211 Å². The van der Waals surface area contributed by atoms with Gasteiger partial charge in [-0.05, 0) is 57.7 Å². The van der Waals surface area contributed by atoms with Gasteiger partial charge >= 0.3 is 0 Å². The first-order valence-corrected chi connectivity index (χ1v) is 12.7. The molecule has 196 valence electrons. The lowest BCUT2D eigenvalue weighted by Gasteiger charge is -2.31. The number of rotatable bonds is 12. The molecule has 1 aliphatic heterocycles. The number of hydrogen-bond donors (Lipinski definition) is 3. The number of nitrogens with one attached hydrogen (secondary N) is 2. The molecular weight excluding hydrogens is 477 g/mol. The van der Waals surface area contributed by atoms with Crippen molar-refractivity contribution in [3.05, 3.63) is 11.1 Å². The Kier molecular flexibility index (Phi) is 9.88. The van der Waals surface area contributed by atoms with Crippen molar-refractivity contribution in [1.29, 1.82) is 0 Å². The van der Waals surface area contributed by atoms with E-state index in [0.29, 0.717) is 30.0 Å². The fraction of sp³-hybridized carbons (Fsp3) is 0.739. The molecule has 0 bridgehead atoms. The number of likely N-dealkylation sites (N-methyl/N-ethyl adjacent to an activating group) is 1. The molecule has 1 saturated carbocycles. The molecule has 10 nitrogen and oxygen atoms in total. The molecule has 35 heavy (non-hydrogen) atoms. The van der Waals surface area contributed by atoms with Crippen LogP contribution in [0.1, 0.15) is 58.8 Å². The Bertz CT molecular complexity index is 872. The molecule has 2 fully saturated rings. The lowest BCUT2D eigenvalue weighted by molar-refractivity contribution is -0.154. The zero-order chi connectivity index (χ0) is 25.5. The van der Waals surface area contributed by atoms with E-state index in [2.05, 4.69) is 39.6 Å². The van der Waals surface area contributed by atoms with Gasteiger partial charge < -0.3 is 9.80 Å². The van der Waals surface area contributed by atoms with Crippen LogP contribution in [0.5, 0.6) is 0 Å². The molecule has 1 aromatic rings. The van der Waals surface area contributed by atoms with Crippen molar-refractivity contribution in [3.63, 3.8) is 0 Å². The first-order chi connectivity index (χ1) is 16.7. The van der Waals surface area contributed by atoms with E-state index >= 15 is 4.39 Å². The molecule has 3 N–H and O–H groups in total. The van der Waals surface area contributed by atoms with Crippen molar-refractivity contribution in [1.82, 2.24) is 25.4 Å². The number of amides is 2. The van der Waals surface area contributed by atoms with Crippen LogP contribution < -0.4 is 15.8 Å². The third kappa shape index (κ3) is 7.37. The highest BCUT2D eigenvalue weighted by atomic mass is 35.5. The van der Waals surface area contributed by atoms with E-state index in [1.807, 2.05) is 11.9 Å². The highest BCUT2D eigenvalue weighted by molar-refractivity contribution is 6.28. The number of hydroxylamine groups is 2. The highest BCUT2D eigenvalue weighted by Crippen LogP contribution is 2.32. The maximum absolute atomic E-state index is 15.5. The van der Waals surface area contributed by atoms with E-state index in [4.69, 9.17) is 11.6 Å². The summed E-state index contributed by atoms with van der Waals surface area (Å²) in [5.41, 5.74) is 5.04. The van der Waals surface area contributed by atoms with Crippen LogP contribution in [0.15, 0.2) is 0 Å². The van der Waals surface area contributed by atoms with E-state index in [9.17, 15) is 14.8 Å². The summed E-state index contributed by atoms with van der Waals surface area (Å²) in [4.78, 5) is 36.0. The third-order valence-corrected chi connectivity index (χ3v) is 7.30. The number of hydrazine groups is 1. The molecule has 1 saturated heterocycles. The monoisotopic (exact) mass is 513 g/mol. The van der Waals surface area contributed by atoms with Gasteiger partial charge in [0.1, 0.15) is 0 Å². The Morgan fingerprint density at radius 1 is 1.29 bits per heavy atom. The molecule has 2 amide bonds. The summed E-state index contributed by atoms with van der Waals surface area (Å²) >= 11 is 6.13. The van der Waals surface area contributed by atoms with Gasteiger partial charge in [-0.15, -0.1) is 0 Å². The summed E-state index contributed by atoms with van der Waals surface area (Å²) < 4.78 is 15.5. The average molecular weight is 514 g/mol. The zero-order valence-electron chi connectivity index (χ0n) is 20.7. The normalized spacial score (nSPS) is 19.4. The first kappa shape index (κ1) is 27.3. The van der Waals surface area contributed by atoms with Gasteiger partial charge in [0, 0.05) is 25.2 Å². The van der Waals surface area contributed by atoms with Crippen molar-refractivity contribution >= 4 is 35.6 Å². The van der Waals surface area contributed by atoms with E-state index in [-0.39, 0.29) is 35.9 Å². The van der Waals surface area contributed by atoms with Gasteiger partial charge in [0.05, 0.1) is 12.5 Å². The van der Waals surface area contributed by atoms with E-state index in [0.717, 1.165) is 45.1 Å². The van der Waals surface area contributed by atoms with Gasteiger partial charge in [-0.2, -0.15) is 14.4 Å². The van der Waals surface area contributed by atoms with Gasteiger partial charge in [0.2, 0.25) is 23.4 Å². The number of halogens is 2. The van der Waals surface area contributed by atoms with Crippen LogP contribution in [0.3, 0.4) is 0 Å². The van der Waals surface area contributed by atoms with Crippen LogP contribution in [0.2, 0.25) is 5.28 Å². The Balaban J connectivity index is 1.71. The van der Waals surface area contributed by atoms with Crippen LogP contribution in [0, 0.1) is 17.7 Å². The molecule has 1 aromatic heterocycles. The maximum atomic E-state index is 15.5. The van der Waals surface area contributed by atoms with Crippen LogP contribution >= 0.6 is 11.6 Å². The minimum atomic E-state index is -0.696. The second-order valence-corrected chi connectivity index (χ2v) is 10.3. The molecule has 2 atom stereocenters. The summed E-state index contributed by atoms with van der Waals surface area (Å²) in [6.07, 6.45) is 6.83. The molecule has 0 aromatic carbocycles. The van der Waals surface area contributed by atoms with Crippen LogP contribution in [-0.4, -0.2) is 76.2 Å². The molecule has 2 heterocycles. The molecule has 0 unspecified atom stereocenters. The SMILES string of the molecule is CC(C)N(C)C[C@@H]1CCCN1c1nc(Cl)nc(NNC(=O)[C@@H](CC2CCCC2)CN(O)C=O)c1F. The Morgan fingerprint density at radius 2 is 2.00 bits per heavy atom. The van der Waals surface area contributed by atoms with Crippen molar-refractivity contribution in [3.8, 4) is 0 Å². The zero-order valence-corrected chi connectivity index (χ0v) is 21.5. The maximum Gasteiger partial charge on any atom is 0.243 e. The number of aromatic nitrogens is 2. The van der Waals surface area contributed by atoms with E-state index in [1.54, 1.807) is 0 Å². The second-order valence-electron chi connectivity index (χ2n) is 9.93. The summed E-state index contributed by atoms with van der Waals surface area (Å²) in [5, 5.41) is 9.98. The van der Waals surface area contributed by atoms with Crippen molar-refractivity contribution < 1.29 is 19.2 Å². The molecule has 3 rings (SSSR count). The highest BCUT2D eigenvalue weighted by Gasteiger charge is 2.32. The number of hydrogen-bond acceptors (Lipinski definition) is 8. The van der Waals surface area contributed by atoms with Gasteiger partial charge in [-0.3, -0.25) is 25.6 Å².